The number of alkyl halides is 3. The van der Waals surface area contributed by atoms with Gasteiger partial charge in [0.25, 0.3) is 0 Å². The lowest BCUT2D eigenvalue weighted by Crippen LogP contribution is -2.53. The monoisotopic (exact) mass is 394 g/mol. The molecule has 138 valence electrons. The average molecular weight is 394 g/mol. The van der Waals surface area contributed by atoms with E-state index in [1.165, 1.54) is 33.1 Å². The maximum absolute atomic E-state index is 13.0. The highest BCUT2D eigenvalue weighted by Crippen LogP contribution is 2.47. The van der Waals surface area contributed by atoms with Gasteiger partial charge in [-0.3, -0.25) is 9.69 Å². The number of amides is 1. The second-order valence-electron chi connectivity index (χ2n) is 6.17. The molecule has 10 heteroatoms. The Morgan fingerprint density at radius 2 is 1.84 bits per heavy atom. The normalized spacial score (nSPS) is 21.9. The second kappa shape index (κ2) is 6.17. The molecule has 2 aliphatic rings. The fraction of sp³-hybridized carbons (Fsp3) is 0.533. The first-order valence-electron chi connectivity index (χ1n) is 7.62. The van der Waals surface area contributed by atoms with Crippen molar-refractivity contribution in [1.82, 2.24) is 4.31 Å². The van der Waals surface area contributed by atoms with Gasteiger partial charge in [0, 0.05) is 18.8 Å². The minimum atomic E-state index is -4.49. The molecule has 0 N–H and O–H groups in total. The quantitative estimate of drug-likeness (QED) is 0.774. The fourth-order valence-corrected chi connectivity index (χ4v) is 5.46. The Morgan fingerprint density at radius 3 is 2.40 bits per heavy atom. The molecular formula is C15H17F3N2O3S2. The zero-order chi connectivity index (χ0) is 18.5. The Kier molecular flexibility index (Phi) is 4.57. The molecule has 0 saturated carbocycles. The standard InChI is InChI=1S/C15H17F3N2O3S2/c1-25(22,23)19-7-5-14(6-8-19)20(13(21)10-24-14)12-4-2-3-11(9-12)15(16,17)18/h2-4,9H,5-8,10H2,1H3. The van der Waals surface area contributed by atoms with E-state index in [9.17, 15) is 26.4 Å². The van der Waals surface area contributed by atoms with E-state index >= 15 is 0 Å². The van der Waals surface area contributed by atoms with Crippen LogP contribution in [0.15, 0.2) is 24.3 Å². The summed E-state index contributed by atoms with van der Waals surface area (Å²) in [5, 5.41) is 0. The number of halogens is 3. The minimum absolute atomic E-state index is 0.176. The number of rotatable bonds is 2. The van der Waals surface area contributed by atoms with Crippen LogP contribution in [0.2, 0.25) is 0 Å². The van der Waals surface area contributed by atoms with Crippen LogP contribution in [0, 0.1) is 0 Å². The summed E-state index contributed by atoms with van der Waals surface area (Å²) >= 11 is 1.38. The second-order valence-corrected chi connectivity index (χ2v) is 9.49. The predicted molar refractivity (Wildman–Crippen MR) is 89.8 cm³/mol. The molecule has 25 heavy (non-hydrogen) atoms. The zero-order valence-electron chi connectivity index (χ0n) is 13.4. The highest BCUT2D eigenvalue weighted by Gasteiger charge is 2.49. The summed E-state index contributed by atoms with van der Waals surface area (Å²) in [6.07, 6.45) is -2.60. The maximum atomic E-state index is 13.0. The third-order valence-electron chi connectivity index (χ3n) is 4.53. The molecule has 1 aromatic rings. The molecular weight excluding hydrogens is 377 g/mol. The number of benzene rings is 1. The first kappa shape index (κ1) is 18.5. The lowest BCUT2D eigenvalue weighted by Gasteiger charge is -2.43. The van der Waals surface area contributed by atoms with Crippen molar-refractivity contribution in [2.24, 2.45) is 0 Å². The van der Waals surface area contributed by atoms with Gasteiger partial charge in [-0.1, -0.05) is 6.07 Å². The van der Waals surface area contributed by atoms with Crippen molar-refractivity contribution in [2.75, 3.05) is 30.0 Å². The van der Waals surface area contributed by atoms with Crippen LogP contribution in [0.1, 0.15) is 18.4 Å². The van der Waals surface area contributed by atoms with Gasteiger partial charge < -0.3 is 0 Å². The van der Waals surface area contributed by atoms with E-state index in [4.69, 9.17) is 0 Å². The zero-order valence-corrected chi connectivity index (χ0v) is 15.0. The van der Waals surface area contributed by atoms with Crippen LogP contribution in [-0.2, 0) is 21.0 Å². The predicted octanol–water partition coefficient (Wildman–Crippen LogP) is 2.54. The Labute approximate surface area is 148 Å². The molecule has 1 spiro atoms. The van der Waals surface area contributed by atoms with Crippen molar-refractivity contribution in [3.05, 3.63) is 29.8 Å². The van der Waals surface area contributed by atoms with Crippen LogP contribution >= 0.6 is 11.8 Å². The topological polar surface area (TPSA) is 57.7 Å². The Hall–Kier alpha value is -1.26. The van der Waals surface area contributed by atoms with Crippen LogP contribution in [0.25, 0.3) is 0 Å². The smallest absolute Gasteiger partial charge is 0.296 e. The van der Waals surface area contributed by atoms with E-state index in [0.29, 0.717) is 12.8 Å². The molecule has 1 aromatic carbocycles. The molecule has 0 aliphatic carbocycles. The molecule has 0 atom stereocenters. The van der Waals surface area contributed by atoms with E-state index in [0.717, 1.165) is 18.4 Å². The van der Waals surface area contributed by atoms with E-state index in [-0.39, 0.29) is 30.4 Å². The third-order valence-corrected chi connectivity index (χ3v) is 7.35. The summed E-state index contributed by atoms with van der Waals surface area (Å²) in [7, 11) is -3.32. The molecule has 2 aliphatic heterocycles. The van der Waals surface area contributed by atoms with Gasteiger partial charge in [-0.05, 0) is 31.0 Å². The van der Waals surface area contributed by atoms with Crippen molar-refractivity contribution in [1.29, 1.82) is 0 Å². The molecule has 0 bridgehead atoms. The lowest BCUT2D eigenvalue weighted by atomic mass is 10.0. The number of carbonyl (C=O) groups excluding carboxylic acids is 1. The van der Waals surface area contributed by atoms with Gasteiger partial charge in [-0.25, -0.2) is 12.7 Å². The van der Waals surface area contributed by atoms with Crippen LogP contribution < -0.4 is 4.90 Å². The van der Waals surface area contributed by atoms with Crippen molar-refractivity contribution >= 4 is 33.4 Å². The summed E-state index contributed by atoms with van der Waals surface area (Å²) in [6.45, 7) is 0.489. The number of anilines is 1. The Balaban J connectivity index is 1.92. The van der Waals surface area contributed by atoms with Crippen LogP contribution in [0.4, 0.5) is 18.9 Å². The number of carbonyl (C=O) groups is 1. The van der Waals surface area contributed by atoms with E-state index in [2.05, 4.69) is 0 Å². The average Bonchev–Trinajstić information content (AvgIpc) is 2.82. The molecule has 3 rings (SSSR count). The van der Waals surface area contributed by atoms with Gasteiger partial charge in [0.05, 0.1) is 22.4 Å². The third kappa shape index (κ3) is 3.52. The van der Waals surface area contributed by atoms with Crippen molar-refractivity contribution in [3.8, 4) is 0 Å². The number of hydrogen-bond acceptors (Lipinski definition) is 4. The van der Waals surface area contributed by atoms with Crippen LogP contribution in [0.3, 0.4) is 0 Å². The van der Waals surface area contributed by atoms with Crippen LogP contribution in [0.5, 0.6) is 0 Å². The molecule has 0 unspecified atom stereocenters. The number of thioether (sulfide) groups is 1. The maximum Gasteiger partial charge on any atom is 0.416 e. The Morgan fingerprint density at radius 1 is 1.20 bits per heavy atom. The molecule has 2 saturated heterocycles. The number of hydrogen-bond donors (Lipinski definition) is 0. The summed E-state index contributed by atoms with van der Waals surface area (Å²) in [6, 6.07) is 4.72. The fourth-order valence-electron chi connectivity index (χ4n) is 3.29. The largest absolute Gasteiger partial charge is 0.416 e. The summed E-state index contributed by atoms with van der Waals surface area (Å²) in [5.74, 6) is -0.0769. The summed E-state index contributed by atoms with van der Waals surface area (Å²) in [4.78, 5) is 13.1. The molecule has 5 nitrogen and oxygen atoms in total. The van der Waals surface area contributed by atoms with Gasteiger partial charge in [-0.2, -0.15) is 13.2 Å². The Bertz CT molecular complexity index is 787. The molecule has 1 amide bonds. The van der Waals surface area contributed by atoms with Crippen molar-refractivity contribution in [3.63, 3.8) is 0 Å². The first-order valence-corrected chi connectivity index (χ1v) is 10.5. The summed E-state index contributed by atoms with van der Waals surface area (Å²) < 4.78 is 63.6. The highest BCUT2D eigenvalue weighted by molar-refractivity contribution is 8.02. The summed E-state index contributed by atoms with van der Waals surface area (Å²) in [5.41, 5.74) is -0.601. The number of piperidine rings is 1. The van der Waals surface area contributed by atoms with E-state index in [1.54, 1.807) is 0 Å². The van der Waals surface area contributed by atoms with Crippen LogP contribution in [-0.4, -0.2) is 48.6 Å². The molecule has 2 fully saturated rings. The van der Waals surface area contributed by atoms with Gasteiger partial charge in [0.15, 0.2) is 0 Å². The molecule has 0 aromatic heterocycles. The van der Waals surface area contributed by atoms with Gasteiger partial charge in [0.1, 0.15) is 0 Å². The number of sulfonamides is 1. The molecule has 2 heterocycles. The minimum Gasteiger partial charge on any atom is -0.296 e. The molecule has 0 radical (unpaired) electrons. The highest BCUT2D eigenvalue weighted by atomic mass is 32.2. The van der Waals surface area contributed by atoms with Gasteiger partial charge in [-0.15, -0.1) is 11.8 Å². The van der Waals surface area contributed by atoms with Gasteiger partial charge in [0.2, 0.25) is 15.9 Å². The first-order chi connectivity index (χ1) is 11.5. The lowest BCUT2D eigenvalue weighted by molar-refractivity contribution is -0.137. The number of nitrogens with zero attached hydrogens (tertiary/aromatic N) is 2. The van der Waals surface area contributed by atoms with E-state index < -0.39 is 26.6 Å². The van der Waals surface area contributed by atoms with Crippen molar-refractivity contribution in [2.45, 2.75) is 23.9 Å². The van der Waals surface area contributed by atoms with E-state index in [1.807, 2.05) is 0 Å². The van der Waals surface area contributed by atoms with Crippen molar-refractivity contribution < 1.29 is 26.4 Å². The van der Waals surface area contributed by atoms with Gasteiger partial charge >= 0.3 is 6.18 Å². The SMILES string of the molecule is CS(=O)(=O)N1CCC2(CC1)SCC(=O)N2c1cccc(C(F)(F)F)c1.